The van der Waals surface area contributed by atoms with Crippen LogP contribution in [0.3, 0.4) is 0 Å². The Kier molecular flexibility index (Phi) is 4.02. The molecule has 1 N–H and O–H groups in total. The lowest BCUT2D eigenvalue weighted by molar-refractivity contribution is 0.143. The molecule has 0 amide bonds. The van der Waals surface area contributed by atoms with Crippen molar-refractivity contribution in [3.63, 3.8) is 0 Å². The van der Waals surface area contributed by atoms with E-state index >= 15 is 0 Å². The van der Waals surface area contributed by atoms with Crippen LogP contribution in [0.15, 0.2) is 0 Å². The molecule has 1 aliphatic carbocycles. The van der Waals surface area contributed by atoms with Gasteiger partial charge in [0.05, 0.1) is 0 Å². The second-order valence-corrected chi connectivity index (χ2v) is 6.44. The third kappa shape index (κ3) is 2.85. The third-order valence-electron chi connectivity index (χ3n) is 5.31. The topological polar surface area (TPSA) is 15.3 Å². The molecule has 3 rings (SSSR count). The van der Waals surface area contributed by atoms with Crippen LogP contribution in [0.4, 0.5) is 0 Å². The van der Waals surface area contributed by atoms with Crippen LogP contribution in [-0.4, -0.2) is 37.1 Å². The number of piperidine rings is 1. The summed E-state index contributed by atoms with van der Waals surface area (Å²) in [7, 11) is 0. The quantitative estimate of drug-likeness (QED) is 0.810. The van der Waals surface area contributed by atoms with Crippen molar-refractivity contribution in [2.24, 2.45) is 11.8 Å². The lowest BCUT2D eigenvalue weighted by Gasteiger charge is -2.35. The van der Waals surface area contributed by atoms with Gasteiger partial charge in [-0.15, -0.1) is 0 Å². The van der Waals surface area contributed by atoms with Gasteiger partial charge in [0.1, 0.15) is 0 Å². The van der Waals surface area contributed by atoms with E-state index in [9.17, 15) is 0 Å². The first-order valence-corrected chi connectivity index (χ1v) is 7.88. The number of rotatable bonds is 3. The first kappa shape index (κ1) is 12.0. The minimum atomic E-state index is 0.942. The van der Waals surface area contributed by atoms with Gasteiger partial charge in [0.15, 0.2) is 0 Å². The van der Waals surface area contributed by atoms with Crippen LogP contribution in [-0.2, 0) is 0 Å². The van der Waals surface area contributed by atoms with Crippen LogP contribution in [0.5, 0.6) is 0 Å². The molecule has 0 bridgehead atoms. The van der Waals surface area contributed by atoms with Crippen molar-refractivity contribution in [1.82, 2.24) is 10.2 Å². The summed E-state index contributed by atoms with van der Waals surface area (Å²) >= 11 is 0. The first-order valence-electron chi connectivity index (χ1n) is 7.88. The number of hydrogen-bond donors (Lipinski definition) is 1. The fraction of sp³-hybridized carbons (Fsp3) is 1.00. The number of nitrogens with zero attached hydrogens (tertiary/aromatic N) is 1. The summed E-state index contributed by atoms with van der Waals surface area (Å²) in [5.74, 6) is 2.04. The molecule has 3 aliphatic rings. The Hall–Kier alpha value is -0.0800. The van der Waals surface area contributed by atoms with Gasteiger partial charge in [-0.3, -0.25) is 4.90 Å². The molecule has 3 fully saturated rings. The molecule has 2 nitrogen and oxygen atoms in total. The van der Waals surface area contributed by atoms with E-state index in [0.717, 1.165) is 17.9 Å². The molecule has 0 aromatic heterocycles. The van der Waals surface area contributed by atoms with Gasteiger partial charge in [-0.05, 0) is 70.0 Å². The van der Waals surface area contributed by atoms with Crippen molar-refractivity contribution in [3.8, 4) is 0 Å². The Bertz CT molecular complexity index is 229. The molecule has 0 spiro atoms. The fourth-order valence-corrected chi connectivity index (χ4v) is 4.37. The van der Waals surface area contributed by atoms with Crippen molar-refractivity contribution >= 4 is 0 Å². The molecule has 2 heteroatoms. The molecule has 1 saturated carbocycles. The monoisotopic (exact) mass is 236 g/mol. The summed E-state index contributed by atoms with van der Waals surface area (Å²) < 4.78 is 0. The van der Waals surface area contributed by atoms with Gasteiger partial charge in [-0.2, -0.15) is 0 Å². The second kappa shape index (κ2) is 5.71. The highest BCUT2D eigenvalue weighted by Gasteiger charge is 2.33. The standard InChI is InChI=1S/C15H28N2/c1-2-5-13(4-1)12-17-11-3-6-15(17)14-7-9-16-10-8-14/h13-16H,1-12H2. The maximum Gasteiger partial charge on any atom is 0.0125 e. The highest BCUT2D eigenvalue weighted by atomic mass is 15.2. The van der Waals surface area contributed by atoms with Gasteiger partial charge in [-0.1, -0.05) is 12.8 Å². The first-order chi connectivity index (χ1) is 8.43. The molecule has 1 unspecified atom stereocenters. The van der Waals surface area contributed by atoms with Crippen LogP contribution in [0, 0.1) is 11.8 Å². The Morgan fingerprint density at radius 3 is 2.41 bits per heavy atom. The molecule has 17 heavy (non-hydrogen) atoms. The maximum atomic E-state index is 3.51. The zero-order valence-electron chi connectivity index (χ0n) is 11.2. The van der Waals surface area contributed by atoms with E-state index in [1.807, 2.05) is 0 Å². The molecule has 2 saturated heterocycles. The summed E-state index contributed by atoms with van der Waals surface area (Å²) in [5, 5.41) is 3.51. The van der Waals surface area contributed by atoms with Crippen molar-refractivity contribution in [2.75, 3.05) is 26.2 Å². The Morgan fingerprint density at radius 2 is 1.65 bits per heavy atom. The smallest absolute Gasteiger partial charge is 0.0125 e. The van der Waals surface area contributed by atoms with Crippen molar-refractivity contribution in [2.45, 2.75) is 57.4 Å². The molecule has 0 aromatic rings. The lowest BCUT2D eigenvalue weighted by Crippen LogP contribution is -2.42. The van der Waals surface area contributed by atoms with Gasteiger partial charge >= 0.3 is 0 Å². The molecule has 2 heterocycles. The summed E-state index contributed by atoms with van der Waals surface area (Å²) in [6, 6.07) is 0.942. The molecule has 0 aromatic carbocycles. The normalized spacial score (nSPS) is 33.5. The molecule has 2 aliphatic heterocycles. The van der Waals surface area contributed by atoms with Gasteiger partial charge in [-0.25, -0.2) is 0 Å². The van der Waals surface area contributed by atoms with E-state index in [2.05, 4.69) is 10.2 Å². The minimum Gasteiger partial charge on any atom is -0.317 e. The van der Waals surface area contributed by atoms with Gasteiger partial charge in [0.25, 0.3) is 0 Å². The zero-order chi connectivity index (χ0) is 11.5. The van der Waals surface area contributed by atoms with Crippen LogP contribution in [0.1, 0.15) is 51.4 Å². The number of likely N-dealkylation sites (tertiary alicyclic amines) is 1. The number of nitrogens with one attached hydrogen (secondary N) is 1. The summed E-state index contributed by atoms with van der Waals surface area (Å²) in [6.45, 7) is 5.34. The van der Waals surface area contributed by atoms with Crippen LogP contribution in [0.25, 0.3) is 0 Å². The highest BCUT2D eigenvalue weighted by molar-refractivity contribution is 4.88. The minimum absolute atomic E-state index is 0.942. The SMILES string of the molecule is C1CCC(CN2CCCC2C2CCNCC2)C1. The van der Waals surface area contributed by atoms with Crippen LogP contribution < -0.4 is 5.32 Å². The molecule has 98 valence electrons. The van der Waals surface area contributed by atoms with Gasteiger partial charge < -0.3 is 5.32 Å². The van der Waals surface area contributed by atoms with Crippen LogP contribution in [0.2, 0.25) is 0 Å². The summed E-state index contributed by atoms with van der Waals surface area (Å²) in [6.07, 6.45) is 11.8. The maximum absolute atomic E-state index is 3.51. The van der Waals surface area contributed by atoms with E-state index in [4.69, 9.17) is 0 Å². The Labute approximate surface area is 106 Å². The van der Waals surface area contributed by atoms with E-state index in [1.54, 1.807) is 0 Å². The largest absolute Gasteiger partial charge is 0.317 e. The fourth-order valence-electron chi connectivity index (χ4n) is 4.37. The Balaban J connectivity index is 1.54. The van der Waals surface area contributed by atoms with E-state index in [0.29, 0.717) is 0 Å². The van der Waals surface area contributed by atoms with E-state index in [-0.39, 0.29) is 0 Å². The average molecular weight is 236 g/mol. The van der Waals surface area contributed by atoms with E-state index in [1.165, 1.54) is 77.5 Å². The van der Waals surface area contributed by atoms with Crippen molar-refractivity contribution in [3.05, 3.63) is 0 Å². The molecular formula is C15H28N2. The molecule has 0 radical (unpaired) electrons. The lowest BCUT2D eigenvalue weighted by atomic mass is 9.88. The van der Waals surface area contributed by atoms with E-state index < -0.39 is 0 Å². The summed E-state index contributed by atoms with van der Waals surface area (Å²) in [5.41, 5.74) is 0. The zero-order valence-corrected chi connectivity index (χ0v) is 11.2. The van der Waals surface area contributed by atoms with Gasteiger partial charge in [0, 0.05) is 12.6 Å². The second-order valence-electron chi connectivity index (χ2n) is 6.44. The highest BCUT2D eigenvalue weighted by Crippen LogP contribution is 2.33. The van der Waals surface area contributed by atoms with Crippen molar-refractivity contribution in [1.29, 1.82) is 0 Å². The molecule has 1 atom stereocenters. The predicted octanol–water partition coefficient (Wildman–Crippen LogP) is 2.64. The predicted molar refractivity (Wildman–Crippen MR) is 72.1 cm³/mol. The average Bonchev–Trinajstić information content (AvgIpc) is 3.02. The van der Waals surface area contributed by atoms with Crippen molar-refractivity contribution < 1.29 is 0 Å². The van der Waals surface area contributed by atoms with Gasteiger partial charge in [0.2, 0.25) is 0 Å². The van der Waals surface area contributed by atoms with Crippen LogP contribution >= 0.6 is 0 Å². The number of hydrogen-bond acceptors (Lipinski definition) is 2. The summed E-state index contributed by atoms with van der Waals surface area (Å²) in [4.78, 5) is 2.87. The molecular weight excluding hydrogens is 208 g/mol. The Morgan fingerprint density at radius 1 is 0.882 bits per heavy atom. The third-order valence-corrected chi connectivity index (χ3v) is 5.31.